The summed E-state index contributed by atoms with van der Waals surface area (Å²) in [5.74, 6) is 0. The van der Waals surface area contributed by atoms with Crippen molar-refractivity contribution in [2.75, 3.05) is 0 Å². The molecule has 0 heterocycles. The first-order chi connectivity index (χ1) is 11.6. The highest BCUT2D eigenvalue weighted by atomic mass is 32.2. The van der Waals surface area contributed by atoms with Gasteiger partial charge >= 0.3 is 0 Å². The Balaban J connectivity index is 0.00000254. The van der Waals surface area contributed by atoms with Crippen LogP contribution in [0.3, 0.4) is 0 Å². The first-order valence-electron chi connectivity index (χ1n) is 8.83. The van der Waals surface area contributed by atoms with Gasteiger partial charge in [-0.25, -0.2) is 0 Å². The molecule has 1 rings (SSSR count). The molecule has 0 atom stereocenters. The lowest BCUT2D eigenvalue weighted by Gasteiger charge is -2.07. The Labute approximate surface area is 151 Å². The number of benzene rings is 1. The third kappa shape index (κ3) is 11.0. The molecule has 0 amide bonds. The normalized spacial score (nSPS) is 11.0. The van der Waals surface area contributed by atoms with Gasteiger partial charge in [-0.15, -0.1) is 0 Å². The number of hydrogen-bond acceptors (Lipinski definition) is 3. The molecule has 0 aromatic heterocycles. The Morgan fingerprint density at radius 2 is 1.29 bits per heavy atom. The van der Waals surface area contributed by atoms with Gasteiger partial charge in [0.15, 0.2) is 0 Å². The molecule has 0 aliphatic carbocycles. The summed E-state index contributed by atoms with van der Waals surface area (Å²) < 4.78 is 31.8. The Hall–Kier alpha value is -0.693. The molecule has 0 aliphatic heterocycles. The zero-order valence-electron chi connectivity index (χ0n) is 14.7. The Morgan fingerprint density at radius 1 is 0.833 bits per heavy atom. The van der Waals surface area contributed by atoms with E-state index in [2.05, 4.69) is 6.92 Å². The van der Waals surface area contributed by atoms with Crippen molar-refractivity contribution in [3.63, 3.8) is 0 Å². The second kappa shape index (κ2) is 14.6. The van der Waals surface area contributed by atoms with Crippen LogP contribution in [0, 0.1) is 0 Å². The van der Waals surface area contributed by atoms with E-state index in [1.807, 2.05) is 16.6 Å². The summed E-state index contributed by atoms with van der Waals surface area (Å²) >= 11 is 0. The molecule has 0 saturated heterocycles. The van der Waals surface area contributed by atoms with E-state index in [1.165, 1.54) is 57.4 Å². The lowest BCUT2D eigenvalue weighted by Crippen LogP contribution is -2.03. The highest BCUT2D eigenvalue weighted by molar-refractivity contribution is 7.85. The summed E-state index contributed by atoms with van der Waals surface area (Å²) in [6.07, 6.45) is 13.3. The maximum Gasteiger partial charge on any atom is 0.294 e. The maximum absolute atomic E-state index is 11.3. The second-order valence-corrected chi connectivity index (χ2v) is 7.40. The predicted octanol–water partition coefficient (Wildman–Crippen LogP) is 4.46. The first kappa shape index (κ1) is 23.3. The van der Waals surface area contributed by atoms with Gasteiger partial charge in [0.1, 0.15) is 0 Å². The zero-order valence-corrected chi connectivity index (χ0v) is 16.5. The first-order valence-corrected chi connectivity index (χ1v) is 10.7. The molecule has 0 fully saturated rings. The summed E-state index contributed by atoms with van der Waals surface area (Å²) in [6, 6.07) is 6.73. The number of rotatable bonds is 12. The molecule has 0 spiro atoms. The lowest BCUT2D eigenvalue weighted by atomic mass is 10.0. The van der Waals surface area contributed by atoms with Crippen molar-refractivity contribution in [2.45, 2.75) is 82.4 Å². The minimum absolute atomic E-state index is 0.0610. The van der Waals surface area contributed by atoms with Gasteiger partial charge in [0.25, 0.3) is 10.1 Å². The van der Waals surface area contributed by atoms with E-state index in [9.17, 15) is 13.0 Å². The average molecular weight is 372 g/mol. The Kier molecular flexibility index (Phi) is 14.2. The van der Waals surface area contributed by atoms with E-state index in [0.29, 0.717) is 6.42 Å². The largest absolute Gasteiger partial charge is 0.433 e. The predicted molar refractivity (Wildman–Crippen MR) is 99.8 cm³/mol. The molecule has 6 heteroatoms. The second-order valence-electron chi connectivity index (χ2n) is 6.01. The molecule has 4 nitrogen and oxygen atoms in total. The molecular formula is C18H31O4SSi. The van der Waals surface area contributed by atoms with Crippen molar-refractivity contribution in [1.29, 1.82) is 0 Å². The van der Waals surface area contributed by atoms with Gasteiger partial charge < -0.3 is 4.80 Å². The van der Waals surface area contributed by atoms with Crippen molar-refractivity contribution < 1.29 is 17.8 Å². The van der Waals surface area contributed by atoms with Gasteiger partial charge in [-0.2, -0.15) is 8.42 Å². The smallest absolute Gasteiger partial charge is 0.294 e. The number of aryl methyl sites for hydroxylation is 1. The molecule has 1 aromatic rings. The number of hydrogen-bond donors (Lipinski definition) is 2. The van der Waals surface area contributed by atoms with Crippen LogP contribution in [0.4, 0.5) is 0 Å². The molecule has 137 valence electrons. The summed E-state index contributed by atoms with van der Waals surface area (Å²) in [7, 11) is -2.12. The Morgan fingerprint density at radius 3 is 1.79 bits per heavy atom. The fourth-order valence-corrected chi connectivity index (χ4v) is 3.52. The van der Waals surface area contributed by atoms with Crippen LogP contribution in [0.25, 0.3) is 0 Å². The van der Waals surface area contributed by atoms with E-state index < -0.39 is 10.1 Å². The van der Waals surface area contributed by atoms with Gasteiger partial charge in [-0.1, -0.05) is 82.9 Å². The van der Waals surface area contributed by atoms with Crippen molar-refractivity contribution in [2.24, 2.45) is 0 Å². The van der Waals surface area contributed by atoms with Crippen LogP contribution in [0.15, 0.2) is 29.2 Å². The summed E-state index contributed by atoms with van der Waals surface area (Å²) in [4.78, 5) is 6.87. The third-order valence-electron chi connectivity index (χ3n) is 4.05. The van der Waals surface area contributed by atoms with Crippen molar-refractivity contribution in [3.05, 3.63) is 29.8 Å². The van der Waals surface area contributed by atoms with E-state index in [0.717, 1.165) is 18.4 Å². The van der Waals surface area contributed by atoms with Gasteiger partial charge in [-0.05, 0) is 24.5 Å². The molecular weight excluding hydrogens is 340 g/mol. The fraction of sp³-hybridized carbons (Fsp3) is 0.667. The maximum atomic E-state index is 11.3. The molecule has 0 unspecified atom stereocenters. The fourth-order valence-electron chi connectivity index (χ4n) is 2.76. The topological polar surface area (TPSA) is 74.6 Å². The van der Waals surface area contributed by atoms with E-state index in [1.54, 1.807) is 12.1 Å². The van der Waals surface area contributed by atoms with Crippen molar-refractivity contribution >= 4 is 20.6 Å². The van der Waals surface area contributed by atoms with E-state index in [-0.39, 0.29) is 4.90 Å². The molecule has 1 aromatic carbocycles. The quantitative estimate of drug-likeness (QED) is 0.323. The average Bonchev–Trinajstić information content (AvgIpc) is 2.58. The molecule has 24 heavy (non-hydrogen) atoms. The number of unbranched alkanes of at least 4 members (excludes halogenated alkanes) is 9. The molecule has 0 bridgehead atoms. The summed E-state index contributed by atoms with van der Waals surface area (Å²) in [6.45, 7) is 2.24. The van der Waals surface area contributed by atoms with Crippen LogP contribution in [0.2, 0.25) is 0 Å². The monoisotopic (exact) mass is 371 g/mol. The minimum atomic E-state index is -4.10. The third-order valence-corrected chi connectivity index (χ3v) is 5.00. The lowest BCUT2D eigenvalue weighted by molar-refractivity contribution is 0.481. The van der Waals surface area contributed by atoms with Gasteiger partial charge in [0.05, 0.1) is 4.90 Å². The van der Waals surface area contributed by atoms with Crippen LogP contribution in [0.5, 0.6) is 0 Å². The van der Waals surface area contributed by atoms with Crippen LogP contribution in [-0.2, 0) is 16.5 Å². The highest BCUT2D eigenvalue weighted by Gasteiger charge is 2.13. The molecule has 0 aliphatic rings. The van der Waals surface area contributed by atoms with E-state index in [4.69, 9.17) is 4.80 Å². The van der Waals surface area contributed by atoms with Crippen molar-refractivity contribution in [1.82, 2.24) is 0 Å². The van der Waals surface area contributed by atoms with Crippen LogP contribution in [-0.4, -0.2) is 28.3 Å². The van der Waals surface area contributed by atoms with E-state index >= 15 is 0 Å². The van der Waals surface area contributed by atoms with Crippen LogP contribution < -0.4 is 0 Å². The molecule has 2 N–H and O–H groups in total. The van der Waals surface area contributed by atoms with Gasteiger partial charge in [0.2, 0.25) is 10.5 Å². The van der Waals surface area contributed by atoms with Gasteiger partial charge in [-0.3, -0.25) is 4.55 Å². The SMILES string of the molecule is CCCCCCCCCCCCc1ccccc1S(=O)(=O)O.O[Si]. The zero-order chi connectivity index (χ0) is 18.3. The van der Waals surface area contributed by atoms with Crippen molar-refractivity contribution in [3.8, 4) is 0 Å². The Bertz CT molecular complexity index is 518. The van der Waals surface area contributed by atoms with Crippen LogP contribution in [0.1, 0.15) is 76.7 Å². The van der Waals surface area contributed by atoms with Gasteiger partial charge in [0, 0.05) is 0 Å². The summed E-state index contributed by atoms with van der Waals surface area (Å²) in [5, 5.41) is 0. The van der Waals surface area contributed by atoms with Crippen LogP contribution >= 0.6 is 0 Å². The molecule has 0 saturated carbocycles. The minimum Gasteiger partial charge on any atom is -0.433 e. The standard InChI is InChI=1S/C18H30O3S.HOSi/c1-2-3-4-5-6-7-8-9-10-11-14-17-15-12-13-16-18(17)22(19,20)21;1-2/h12-13,15-16H,2-11,14H2,1H3,(H,19,20,21);1H. The molecule has 3 radical (unpaired) electrons. The summed E-state index contributed by atoms with van der Waals surface area (Å²) in [5.41, 5.74) is 0.726. The highest BCUT2D eigenvalue weighted by Crippen LogP contribution is 2.18.